The largest absolute Gasteiger partial charge is 0.494 e. The summed E-state index contributed by atoms with van der Waals surface area (Å²) >= 11 is 3.39. The zero-order valence-corrected chi connectivity index (χ0v) is 16.6. The van der Waals surface area contributed by atoms with Crippen LogP contribution in [0.1, 0.15) is 41.1 Å². The molecular weight excluding hydrogens is 410 g/mol. The Balaban J connectivity index is 1.85. The van der Waals surface area contributed by atoms with Gasteiger partial charge in [0.15, 0.2) is 5.43 Å². The Hall–Kier alpha value is -2.60. The molecule has 0 fully saturated rings. The van der Waals surface area contributed by atoms with Crippen LogP contribution < -0.4 is 10.2 Å². The molecule has 5 nitrogen and oxygen atoms in total. The number of hydrogen-bond acceptors (Lipinski definition) is 4. The number of halogens is 1. The molecule has 1 atom stereocenters. The summed E-state index contributed by atoms with van der Waals surface area (Å²) < 4.78 is 12.2. The Bertz CT molecular complexity index is 1090. The Morgan fingerprint density at radius 3 is 2.59 bits per heavy atom. The van der Waals surface area contributed by atoms with Crippen LogP contribution in [0.3, 0.4) is 0 Å². The molecule has 2 aromatic carbocycles. The summed E-state index contributed by atoms with van der Waals surface area (Å²) in [7, 11) is 1.68. The molecule has 0 radical (unpaired) electrons. The number of carbonyl (C=O) groups is 1. The highest BCUT2D eigenvalue weighted by molar-refractivity contribution is 9.10. The van der Waals surface area contributed by atoms with Crippen molar-refractivity contribution in [1.82, 2.24) is 4.90 Å². The van der Waals surface area contributed by atoms with Gasteiger partial charge in [-0.25, -0.2) is 0 Å². The van der Waals surface area contributed by atoms with Crippen LogP contribution in [0.2, 0.25) is 0 Å². The third kappa shape index (κ3) is 2.94. The number of fused-ring (bicyclic) bond motifs is 2. The quantitative estimate of drug-likeness (QED) is 0.613. The number of amides is 1. The van der Waals surface area contributed by atoms with Gasteiger partial charge in [0.2, 0.25) is 5.76 Å². The van der Waals surface area contributed by atoms with E-state index in [4.69, 9.17) is 9.15 Å². The number of nitrogens with zero attached hydrogens (tertiary/aromatic N) is 1. The first-order valence-corrected chi connectivity index (χ1v) is 9.56. The lowest BCUT2D eigenvalue weighted by Gasteiger charge is -2.20. The molecule has 1 amide bonds. The lowest BCUT2D eigenvalue weighted by atomic mass is 9.99. The fraction of sp³-hybridized carbons (Fsp3) is 0.238. The normalized spacial score (nSPS) is 16.0. The summed E-state index contributed by atoms with van der Waals surface area (Å²) in [5, 5.41) is 0.458. The molecule has 1 aromatic heterocycles. The van der Waals surface area contributed by atoms with Gasteiger partial charge in [-0.15, -0.1) is 0 Å². The summed E-state index contributed by atoms with van der Waals surface area (Å²) in [6.45, 7) is 2.70. The molecule has 1 unspecified atom stereocenters. The maximum Gasteiger partial charge on any atom is 0.290 e. The van der Waals surface area contributed by atoms with E-state index in [0.29, 0.717) is 23.1 Å². The maximum absolute atomic E-state index is 13.2. The number of rotatable bonds is 4. The van der Waals surface area contributed by atoms with Crippen molar-refractivity contribution in [2.45, 2.75) is 19.4 Å². The van der Waals surface area contributed by atoms with E-state index in [9.17, 15) is 9.59 Å². The van der Waals surface area contributed by atoms with E-state index in [1.54, 1.807) is 30.1 Å². The van der Waals surface area contributed by atoms with Crippen LogP contribution in [0.15, 0.2) is 56.1 Å². The molecule has 138 valence electrons. The van der Waals surface area contributed by atoms with Crippen LogP contribution in [0.5, 0.6) is 5.75 Å². The van der Waals surface area contributed by atoms with Crippen LogP contribution in [-0.2, 0) is 0 Å². The second-order valence-electron chi connectivity index (χ2n) is 6.55. The zero-order chi connectivity index (χ0) is 19.1. The van der Waals surface area contributed by atoms with Crippen molar-refractivity contribution in [2.75, 3.05) is 13.7 Å². The Morgan fingerprint density at radius 2 is 1.89 bits per heavy atom. The summed E-state index contributed by atoms with van der Waals surface area (Å²) in [5.74, 6) is 0.596. The predicted octanol–water partition coefficient (Wildman–Crippen LogP) is 4.52. The molecular formula is C21H18BrNO4. The van der Waals surface area contributed by atoms with Gasteiger partial charge < -0.3 is 14.1 Å². The van der Waals surface area contributed by atoms with Crippen LogP contribution in [-0.4, -0.2) is 24.5 Å². The van der Waals surface area contributed by atoms with Gasteiger partial charge in [-0.1, -0.05) is 35.0 Å². The number of ether oxygens (including phenoxy) is 1. The van der Waals surface area contributed by atoms with Crippen LogP contribution in [0.4, 0.5) is 0 Å². The minimum Gasteiger partial charge on any atom is -0.494 e. The van der Waals surface area contributed by atoms with Crippen molar-refractivity contribution in [3.8, 4) is 5.75 Å². The SMILES string of the molecule is CCCOc1ccc(C2c3c(oc4ccc(Br)cc4c3=O)C(=O)N2C)cc1. The average Bonchev–Trinajstić information content (AvgIpc) is 2.93. The monoisotopic (exact) mass is 427 g/mol. The summed E-state index contributed by atoms with van der Waals surface area (Å²) in [4.78, 5) is 27.4. The Labute approximate surface area is 164 Å². The molecule has 27 heavy (non-hydrogen) atoms. The smallest absolute Gasteiger partial charge is 0.290 e. The van der Waals surface area contributed by atoms with Gasteiger partial charge in [0.05, 0.1) is 23.6 Å². The zero-order valence-electron chi connectivity index (χ0n) is 15.0. The molecule has 0 N–H and O–H groups in total. The van der Waals surface area contributed by atoms with Crippen LogP contribution in [0, 0.1) is 0 Å². The lowest BCUT2D eigenvalue weighted by Crippen LogP contribution is -2.25. The van der Waals surface area contributed by atoms with Crippen molar-refractivity contribution in [3.05, 3.63) is 74.0 Å². The predicted molar refractivity (Wildman–Crippen MR) is 106 cm³/mol. The van der Waals surface area contributed by atoms with Gasteiger partial charge in [0.1, 0.15) is 11.3 Å². The van der Waals surface area contributed by atoms with Gasteiger partial charge in [0.25, 0.3) is 5.91 Å². The lowest BCUT2D eigenvalue weighted by molar-refractivity contribution is 0.0771. The Morgan fingerprint density at radius 1 is 1.15 bits per heavy atom. The fourth-order valence-electron chi connectivity index (χ4n) is 3.42. The topological polar surface area (TPSA) is 59.8 Å². The first kappa shape index (κ1) is 17.8. The second kappa shape index (κ2) is 6.85. The van der Waals surface area contributed by atoms with Crippen LogP contribution in [0.25, 0.3) is 11.0 Å². The molecule has 0 aliphatic carbocycles. The molecule has 1 aliphatic heterocycles. The highest BCUT2D eigenvalue weighted by Gasteiger charge is 2.40. The van der Waals surface area contributed by atoms with Crippen molar-refractivity contribution in [2.24, 2.45) is 0 Å². The van der Waals surface area contributed by atoms with Gasteiger partial charge in [-0.05, 0) is 42.3 Å². The molecule has 1 aliphatic rings. The summed E-state index contributed by atoms with van der Waals surface area (Å²) in [5.41, 5.74) is 1.46. The van der Waals surface area contributed by atoms with Gasteiger partial charge in [0, 0.05) is 11.5 Å². The molecule has 0 saturated carbocycles. The molecule has 6 heteroatoms. The van der Waals surface area contributed by atoms with E-state index in [2.05, 4.69) is 15.9 Å². The van der Waals surface area contributed by atoms with E-state index in [1.165, 1.54) is 0 Å². The first-order chi connectivity index (χ1) is 13.0. The van der Waals surface area contributed by atoms with Gasteiger partial charge in [-0.2, -0.15) is 0 Å². The van der Waals surface area contributed by atoms with Gasteiger partial charge >= 0.3 is 0 Å². The summed E-state index contributed by atoms with van der Waals surface area (Å²) in [6.07, 6.45) is 0.929. The van der Waals surface area contributed by atoms with Crippen molar-refractivity contribution >= 4 is 32.8 Å². The molecule has 0 spiro atoms. The minimum absolute atomic E-state index is 0.119. The molecule has 4 rings (SSSR count). The van der Waals surface area contributed by atoms with E-state index in [-0.39, 0.29) is 17.1 Å². The number of hydrogen-bond donors (Lipinski definition) is 0. The number of carbonyl (C=O) groups excluding carboxylic acids is 1. The average molecular weight is 428 g/mol. The minimum atomic E-state index is -0.479. The van der Waals surface area contributed by atoms with E-state index in [0.717, 1.165) is 22.2 Å². The van der Waals surface area contributed by atoms with E-state index in [1.807, 2.05) is 31.2 Å². The van der Waals surface area contributed by atoms with Crippen molar-refractivity contribution in [3.63, 3.8) is 0 Å². The van der Waals surface area contributed by atoms with E-state index < -0.39 is 6.04 Å². The Kier molecular flexibility index (Phi) is 4.52. The third-order valence-corrected chi connectivity index (χ3v) is 5.22. The molecule has 2 heterocycles. The molecule has 0 bridgehead atoms. The molecule has 0 saturated heterocycles. The third-order valence-electron chi connectivity index (χ3n) is 4.73. The summed E-state index contributed by atoms with van der Waals surface area (Å²) in [6, 6.07) is 12.2. The van der Waals surface area contributed by atoms with Crippen molar-refractivity contribution in [1.29, 1.82) is 0 Å². The highest BCUT2D eigenvalue weighted by Crippen LogP contribution is 2.37. The van der Waals surface area contributed by atoms with E-state index >= 15 is 0 Å². The maximum atomic E-state index is 13.2. The van der Waals surface area contributed by atoms with Crippen LogP contribution >= 0.6 is 15.9 Å². The second-order valence-corrected chi connectivity index (χ2v) is 7.47. The first-order valence-electron chi connectivity index (χ1n) is 8.77. The fourth-order valence-corrected chi connectivity index (χ4v) is 3.78. The van der Waals surface area contributed by atoms with Gasteiger partial charge in [-0.3, -0.25) is 9.59 Å². The van der Waals surface area contributed by atoms with Crippen molar-refractivity contribution < 1.29 is 13.9 Å². The molecule has 3 aromatic rings. The number of benzene rings is 2. The standard InChI is InChI=1S/C21H18BrNO4/c1-3-10-26-14-7-4-12(5-8-14)18-17-19(24)15-11-13(22)6-9-16(15)27-20(17)21(25)23(18)2/h4-9,11,18H,3,10H2,1-2H3. The highest BCUT2D eigenvalue weighted by atomic mass is 79.9.